The van der Waals surface area contributed by atoms with Gasteiger partial charge in [0.1, 0.15) is 6.10 Å². The number of halogens is 1. The van der Waals surface area contributed by atoms with Crippen molar-refractivity contribution in [1.29, 1.82) is 0 Å². The number of hydrogen-bond acceptors (Lipinski definition) is 2. The molecule has 0 fully saturated rings. The van der Waals surface area contributed by atoms with Crippen LogP contribution in [0.1, 0.15) is 0 Å². The Balaban J connectivity index is 2.45. The molecule has 1 aliphatic carbocycles. The first-order valence-electron chi connectivity index (χ1n) is 5.52. The van der Waals surface area contributed by atoms with Crippen molar-refractivity contribution in [3.8, 4) is 0 Å². The van der Waals surface area contributed by atoms with Crippen LogP contribution in [0.4, 0.5) is 0 Å². The van der Waals surface area contributed by atoms with Crippen molar-refractivity contribution in [1.82, 2.24) is 0 Å². The number of benzene rings is 1. The van der Waals surface area contributed by atoms with E-state index in [1.807, 2.05) is 30.4 Å². The first kappa shape index (κ1) is 11.1. The van der Waals surface area contributed by atoms with Crippen LogP contribution in [0.2, 0.25) is 5.02 Å². The van der Waals surface area contributed by atoms with Gasteiger partial charge in [-0.25, -0.2) is 0 Å². The SMILES string of the molecule is NC(=O)C1=c2cc(Cl)ccc2=C2C=CC=CC2O1. The molecule has 18 heavy (non-hydrogen) atoms. The number of rotatable bonds is 1. The third-order valence-corrected chi connectivity index (χ3v) is 3.22. The number of allylic oxidation sites excluding steroid dienone is 2. The van der Waals surface area contributed by atoms with Crippen molar-refractivity contribution < 1.29 is 9.53 Å². The molecule has 3 rings (SSSR count). The van der Waals surface area contributed by atoms with E-state index in [0.29, 0.717) is 10.2 Å². The minimum Gasteiger partial charge on any atom is -0.475 e. The summed E-state index contributed by atoms with van der Waals surface area (Å²) in [6.45, 7) is 0. The van der Waals surface area contributed by atoms with E-state index in [1.165, 1.54) is 0 Å². The molecule has 2 N–H and O–H groups in total. The van der Waals surface area contributed by atoms with Crippen LogP contribution in [0.3, 0.4) is 0 Å². The zero-order chi connectivity index (χ0) is 12.7. The zero-order valence-corrected chi connectivity index (χ0v) is 10.1. The minimum absolute atomic E-state index is 0.168. The summed E-state index contributed by atoms with van der Waals surface area (Å²) in [6.07, 6.45) is 7.41. The van der Waals surface area contributed by atoms with E-state index in [1.54, 1.807) is 12.1 Å². The Bertz CT molecular complexity index is 716. The van der Waals surface area contributed by atoms with Crippen molar-refractivity contribution in [2.75, 3.05) is 0 Å². The fourth-order valence-electron chi connectivity index (χ4n) is 2.21. The summed E-state index contributed by atoms with van der Waals surface area (Å²) in [6, 6.07) is 5.38. The molecule has 0 radical (unpaired) electrons. The number of nitrogens with two attached hydrogens (primary N) is 1. The van der Waals surface area contributed by atoms with Crippen LogP contribution in [-0.2, 0) is 9.53 Å². The number of amides is 1. The third kappa shape index (κ3) is 1.64. The van der Waals surface area contributed by atoms with Gasteiger partial charge in [-0.2, -0.15) is 0 Å². The Labute approximate surface area is 108 Å². The van der Waals surface area contributed by atoms with E-state index < -0.39 is 5.91 Å². The fraction of sp³-hybridized carbons (Fsp3) is 0.0714. The molecule has 0 bridgehead atoms. The lowest BCUT2D eigenvalue weighted by Crippen LogP contribution is -2.41. The molecule has 0 saturated carbocycles. The van der Waals surface area contributed by atoms with Gasteiger partial charge in [-0.1, -0.05) is 35.9 Å². The molecule has 0 saturated heterocycles. The highest BCUT2D eigenvalue weighted by Gasteiger charge is 2.23. The monoisotopic (exact) mass is 259 g/mol. The van der Waals surface area contributed by atoms with Crippen LogP contribution in [0.15, 0.2) is 42.5 Å². The van der Waals surface area contributed by atoms with Crippen LogP contribution >= 0.6 is 11.6 Å². The Kier molecular flexibility index (Phi) is 2.49. The highest BCUT2D eigenvalue weighted by atomic mass is 35.5. The summed E-state index contributed by atoms with van der Waals surface area (Å²) in [5.41, 5.74) is 6.37. The molecule has 3 nitrogen and oxygen atoms in total. The van der Waals surface area contributed by atoms with E-state index >= 15 is 0 Å². The highest BCUT2D eigenvalue weighted by molar-refractivity contribution is 6.30. The molecular formula is C14H10ClNO2. The molecule has 1 heterocycles. The second kappa shape index (κ2) is 4.03. The van der Waals surface area contributed by atoms with Gasteiger partial charge >= 0.3 is 0 Å². The van der Waals surface area contributed by atoms with Crippen LogP contribution in [0.25, 0.3) is 11.3 Å². The summed E-state index contributed by atoms with van der Waals surface area (Å²) in [5.74, 6) is -0.415. The Morgan fingerprint density at radius 1 is 1.28 bits per heavy atom. The van der Waals surface area contributed by atoms with Crippen molar-refractivity contribution >= 4 is 28.8 Å². The Morgan fingerprint density at radius 2 is 2.11 bits per heavy atom. The van der Waals surface area contributed by atoms with Crippen LogP contribution < -0.4 is 16.2 Å². The second-order valence-electron chi connectivity index (χ2n) is 4.12. The maximum absolute atomic E-state index is 11.5. The first-order chi connectivity index (χ1) is 8.66. The quantitative estimate of drug-likeness (QED) is 0.803. The molecule has 1 aromatic rings. The molecule has 2 aliphatic rings. The first-order valence-corrected chi connectivity index (χ1v) is 5.90. The molecule has 1 atom stereocenters. The predicted molar refractivity (Wildman–Crippen MR) is 69.9 cm³/mol. The summed E-state index contributed by atoms with van der Waals surface area (Å²) in [4.78, 5) is 11.5. The average Bonchev–Trinajstić information content (AvgIpc) is 2.37. The lowest BCUT2D eigenvalue weighted by molar-refractivity contribution is -0.115. The van der Waals surface area contributed by atoms with Gasteiger partial charge in [0.05, 0.1) is 0 Å². The van der Waals surface area contributed by atoms with Gasteiger partial charge in [-0.3, -0.25) is 4.79 Å². The molecule has 0 spiro atoms. The standard InChI is InChI=1S/C14H10ClNO2/c15-8-5-6-9-10-3-1-2-4-12(10)18-13(14(16)17)11(9)7-8/h1-7,12H,(H2,16,17). The molecule has 1 unspecified atom stereocenters. The maximum Gasteiger partial charge on any atom is 0.284 e. The van der Waals surface area contributed by atoms with E-state index in [9.17, 15) is 4.79 Å². The van der Waals surface area contributed by atoms with Gasteiger partial charge in [0.15, 0.2) is 5.76 Å². The molecule has 4 heteroatoms. The topological polar surface area (TPSA) is 52.3 Å². The molecule has 1 aromatic carbocycles. The predicted octanol–water partition coefficient (Wildman–Crippen LogP) is 0.609. The minimum atomic E-state index is -0.583. The largest absolute Gasteiger partial charge is 0.475 e. The fourth-order valence-corrected chi connectivity index (χ4v) is 2.38. The smallest absolute Gasteiger partial charge is 0.284 e. The summed E-state index contributed by atoms with van der Waals surface area (Å²) >= 11 is 5.96. The number of fused-ring (bicyclic) bond motifs is 2. The number of primary amides is 1. The second-order valence-corrected chi connectivity index (χ2v) is 4.56. The van der Waals surface area contributed by atoms with Crippen molar-refractivity contribution in [2.24, 2.45) is 5.73 Å². The number of carbonyl (C=O) groups is 1. The molecule has 1 amide bonds. The lowest BCUT2D eigenvalue weighted by Gasteiger charge is -2.24. The Morgan fingerprint density at radius 3 is 2.89 bits per heavy atom. The molecule has 90 valence electrons. The number of ether oxygens (including phenoxy) is 1. The van der Waals surface area contributed by atoms with Crippen LogP contribution in [0, 0.1) is 0 Å². The van der Waals surface area contributed by atoms with Gasteiger partial charge < -0.3 is 10.5 Å². The zero-order valence-electron chi connectivity index (χ0n) is 9.39. The van der Waals surface area contributed by atoms with Crippen molar-refractivity contribution in [3.05, 3.63) is 58.0 Å². The molecule has 0 aromatic heterocycles. The maximum atomic E-state index is 11.5. The molecule has 1 aliphatic heterocycles. The Hall–Kier alpha value is -2.00. The lowest BCUT2D eigenvalue weighted by atomic mass is 9.98. The average molecular weight is 260 g/mol. The van der Waals surface area contributed by atoms with Crippen molar-refractivity contribution in [3.63, 3.8) is 0 Å². The number of carbonyl (C=O) groups excluding carboxylic acids is 1. The summed E-state index contributed by atoms with van der Waals surface area (Å²) in [7, 11) is 0. The van der Waals surface area contributed by atoms with Crippen LogP contribution in [0.5, 0.6) is 0 Å². The van der Waals surface area contributed by atoms with Gasteiger partial charge in [0.2, 0.25) is 0 Å². The van der Waals surface area contributed by atoms with Crippen molar-refractivity contribution in [2.45, 2.75) is 6.10 Å². The summed E-state index contributed by atoms with van der Waals surface area (Å²) < 4.78 is 5.64. The van der Waals surface area contributed by atoms with Crippen LogP contribution in [-0.4, -0.2) is 12.0 Å². The van der Waals surface area contributed by atoms with E-state index in [-0.39, 0.29) is 11.9 Å². The van der Waals surface area contributed by atoms with Gasteiger partial charge in [0, 0.05) is 15.8 Å². The summed E-state index contributed by atoms with van der Waals surface area (Å²) in [5, 5.41) is 2.14. The van der Waals surface area contributed by atoms with E-state index in [4.69, 9.17) is 22.1 Å². The third-order valence-electron chi connectivity index (χ3n) is 2.99. The number of hydrogen-bond donors (Lipinski definition) is 1. The van der Waals surface area contributed by atoms with E-state index in [2.05, 4.69) is 0 Å². The van der Waals surface area contributed by atoms with Gasteiger partial charge in [0.25, 0.3) is 5.91 Å². The van der Waals surface area contributed by atoms with Gasteiger partial charge in [-0.15, -0.1) is 0 Å². The highest BCUT2D eigenvalue weighted by Crippen LogP contribution is 2.20. The van der Waals surface area contributed by atoms with E-state index in [0.717, 1.165) is 10.8 Å². The van der Waals surface area contributed by atoms with Gasteiger partial charge in [-0.05, 0) is 23.4 Å². The normalized spacial score (nSPS) is 20.2. The molecular weight excluding hydrogens is 250 g/mol.